The van der Waals surface area contributed by atoms with Crippen LogP contribution in [0.15, 0.2) is 18.2 Å². The molecule has 1 aromatic rings. The first-order valence-electron chi connectivity index (χ1n) is 6.83. The van der Waals surface area contributed by atoms with Gasteiger partial charge in [-0.15, -0.1) is 0 Å². The fourth-order valence-corrected chi connectivity index (χ4v) is 2.79. The van der Waals surface area contributed by atoms with E-state index in [-0.39, 0.29) is 5.56 Å². The highest BCUT2D eigenvalue weighted by Gasteiger charge is 2.45. The number of hydrogen-bond acceptors (Lipinski definition) is 4. The molecule has 0 aliphatic heterocycles. The molecule has 0 heterocycles. The van der Waals surface area contributed by atoms with Gasteiger partial charge in [0.25, 0.3) is 10.1 Å². The molecular formula is C12H15B2F3O5S. The van der Waals surface area contributed by atoms with E-state index in [4.69, 9.17) is 4.55 Å². The molecule has 0 saturated heterocycles. The molecule has 1 rings (SSSR count). The summed E-state index contributed by atoms with van der Waals surface area (Å²) in [4.78, 5) is 12.0. The number of ether oxygens (including phenoxy) is 1. The zero-order valence-corrected chi connectivity index (χ0v) is 13.4. The summed E-state index contributed by atoms with van der Waals surface area (Å²) in [5.74, 6) is -3.01. The van der Waals surface area contributed by atoms with Crippen molar-refractivity contribution in [3.8, 4) is 0 Å². The molecule has 0 aliphatic carbocycles. The summed E-state index contributed by atoms with van der Waals surface area (Å²) < 4.78 is 72.7. The van der Waals surface area contributed by atoms with Crippen molar-refractivity contribution in [2.24, 2.45) is 0 Å². The Balaban J connectivity index is 3.14. The zero-order chi connectivity index (χ0) is 17.8. The van der Waals surface area contributed by atoms with Crippen LogP contribution in [0.3, 0.4) is 0 Å². The second kappa shape index (κ2) is 7.39. The monoisotopic (exact) mass is 350 g/mol. The SMILES string of the molecule is BCc1cccc(C(=O)OC(CS(=O)(=O)O)C(F)(F)F)c1CB. The number of carbonyl (C=O) groups excluding carboxylic acids is 1. The van der Waals surface area contributed by atoms with Gasteiger partial charge in [0.15, 0.2) is 0 Å². The summed E-state index contributed by atoms with van der Waals surface area (Å²) >= 11 is 0. The Labute approximate surface area is 133 Å². The lowest BCUT2D eigenvalue weighted by molar-refractivity contribution is -0.197. The van der Waals surface area contributed by atoms with Crippen molar-refractivity contribution in [1.82, 2.24) is 0 Å². The van der Waals surface area contributed by atoms with E-state index in [1.807, 2.05) is 7.85 Å². The van der Waals surface area contributed by atoms with E-state index in [1.165, 1.54) is 12.1 Å². The Morgan fingerprint density at radius 2 is 1.87 bits per heavy atom. The maximum Gasteiger partial charge on any atom is 0.426 e. The number of halogens is 3. The molecule has 11 heteroatoms. The molecule has 1 aromatic carbocycles. The number of esters is 1. The molecule has 5 nitrogen and oxygen atoms in total. The normalized spacial score (nSPS) is 13.6. The predicted molar refractivity (Wildman–Crippen MR) is 82.6 cm³/mol. The van der Waals surface area contributed by atoms with Gasteiger partial charge in [0.05, 0.1) is 5.56 Å². The first-order chi connectivity index (χ1) is 10.5. The fraction of sp³-hybridized carbons (Fsp3) is 0.417. The number of hydrogen-bond donors (Lipinski definition) is 1. The van der Waals surface area contributed by atoms with Gasteiger partial charge in [-0.25, -0.2) is 4.79 Å². The second-order valence-electron chi connectivity index (χ2n) is 4.83. The van der Waals surface area contributed by atoms with E-state index in [9.17, 15) is 26.4 Å². The first kappa shape index (κ1) is 19.6. The highest BCUT2D eigenvalue weighted by molar-refractivity contribution is 7.85. The van der Waals surface area contributed by atoms with Gasteiger partial charge >= 0.3 is 12.1 Å². The average molecular weight is 350 g/mol. The van der Waals surface area contributed by atoms with E-state index in [1.54, 1.807) is 13.9 Å². The van der Waals surface area contributed by atoms with Crippen molar-refractivity contribution >= 4 is 31.8 Å². The molecule has 0 fully saturated rings. The molecule has 0 aliphatic rings. The molecular weight excluding hydrogens is 335 g/mol. The molecule has 23 heavy (non-hydrogen) atoms. The van der Waals surface area contributed by atoms with Gasteiger partial charge in [-0.3, -0.25) is 4.55 Å². The largest absolute Gasteiger partial charge is 0.448 e. The van der Waals surface area contributed by atoms with Crippen molar-refractivity contribution in [2.45, 2.75) is 24.9 Å². The molecule has 126 valence electrons. The summed E-state index contributed by atoms with van der Waals surface area (Å²) in [5.41, 5.74) is 1.30. The van der Waals surface area contributed by atoms with Crippen LogP contribution in [0.25, 0.3) is 0 Å². The minimum Gasteiger partial charge on any atom is -0.448 e. The Morgan fingerprint density at radius 3 is 2.30 bits per heavy atom. The minimum atomic E-state index is -5.11. The highest BCUT2D eigenvalue weighted by Crippen LogP contribution is 2.26. The molecule has 0 saturated carbocycles. The van der Waals surface area contributed by atoms with Gasteiger partial charge in [0, 0.05) is 0 Å². The minimum absolute atomic E-state index is 0.0450. The Hall–Kier alpha value is -1.48. The van der Waals surface area contributed by atoms with Crippen molar-refractivity contribution in [3.05, 3.63) is 34.9 Å². The standard InChI is InChI=1S/C12H15B2F3O5S/c13-4-7-2-1-3-8(9(7)5-14)11(18)22-10(12(15,16)17)6-23(19,20)21/h1-3,10H,4-6,13-14H2,(H,19,20,21). The Bertz CT molecular complexity index is 676. The average Bonchev–Trinajstić information content (AvgIpc) is 2.43. The van der Waals surface area contributed by atoms with E-state index < -0.39 is 34.1 Å². The molecule has 1 N–H and O–H groups in total. The van der Waals surface area contributed by atoms with Crippen LogP contribution in [-0.2, 0) is 27.5 Å². The van der Waals surface area contributed by atoms with E-state index in [0.29, 0.717) is 18.2 Å². The van der Waals surface area contributed by atoms with Crippen LogP contribution >= 0.6 is 0 Å². The number of rotatable bonds is 6. The van der Waals surface area contributed by atoms with Crippen LogP contribution < -0.4 is 0 Å². The maximum absolute atomic E-state index is 12.8. The summed E-state index contributed by atoms with van der Waals surface area (Å²) in [6.07, 6.45) is -7.05. The van der Waals surface area contributed by atoms with E-state index in [2.05, 4.69) is 4.74 Å². The fourth-order valence-electron chi connectivity index (χ4n) is 2.15. The van der Waals surface area contributed by atoms with Gasteiger partial charge in [-0.1, -0.05) is 30.3 Å². The van der Waals surface area contributed by atoms with Crippen LogP contribution in [0.2, 0.25) is 0 Å². The summed E-state index contributed by atoms with van der Waals surface area (Å²) in [6, 6.07) is 4.58. The number of benzene rings is 1. The molecule has 1 unspecified atom stereocenters. The smallest absolute Gasteiger partial charge is 0.426 e. The number of alkyl halides is 3. The molecule has 0 aromatic heterocycles. The summed E-state index contributed by atoms with van der Waals surface area (Å²) in [6.45, 7) is 0. The number of carbonyl (C=O) groups is 1. The van der Waals surface area contributed by atoms with Gasteiger partial charge in [0.2, 0.25) is 6.10 Å². The Kier molecular flexibility index (Phi) is 6.29. The lowest BCUT2D eigenvalue weighted by atomic mass is 9.84. The van der Waals surface area contributed by atoms with E-state index in [0.717, 1.165) is 5.56 Å². The van der Waals surface area contributed by atoms with Crippen molar-refractivity contribution in [3.63, 3.8) is 0 Å². The third-order valence-corrected chi connectivity index (χ3v) is 3.93. The predicted octanol–water partition coefficient (Wildman–Crippen LogP) is -0.0717. The Morgan fingerprint density at radius 1 is 1.26 bits per heavy atom. The van der Waals surface area contributed by atoms with Crippen molar-refractivity contribution in [1.29, 1.82) is 0 Å². The van der Waals surface area contributed by atoms with Crippen molar-refractivity contribution in [2.75, 3.05) is 5.75 Å². The lowest BCUT2D eigenvalue weighted by Gasteiger charge is -2.20. The van der Waals surface area contributed by atoms with Crippen LogP contribution in [0.4, 0.5) is 13.2 Å². The highest BCUT2D eigenvalue weighted by atomic mass is 32.2. The molecule has 0 amide bonds. The van der Waals surface area contributed by atoms with Crippen molar-refractivity contribution < 1.29 is 35.7 Å². The van der Waals surface area contributed by atoms with Crippen LogP contribution in [0.5, 0.6) is 0 Å². The molecule has 0 bridgehead atoms. The topological polar surface area (TPSA) is 80.7 Å². The first-order valence-corrected chi connectivity index (χ1v) is 8.44. The summed E-state index contributed by atoms with van der Waals surface area (Å²) in [7, 11) is -1.39. The van der Waals surface area contributed by atoms with Gasteiger partial charge < -0.3 is 4.74 Å². The lowest BCUT2D eigenvalue weighted by Crippen LogP contribution is -2.39. The molecule has 1 atom stereocenters. The van der Waals surface area contributed by atoms with E-state index >= 15 is 0 Å². The summed E-state index contributed by atoms with van der Waals surface area (Å²) in [5, 5.41) is 0. The van der Waals surface area contributed by atoms with Crippen LogP contribution in [0, 0.1) is 0 Å². The zero-order valence-electron chi connectivity index (χ0n) is 12.6. The molecule has 0 spiro atoms. The van der Waals surface area contributed by atoms with Gasteiger partial charge in [0.1, 0.15) is 21.4 Å². The quantitative estimate of drug-likeness (QED) is 0.441. The van der Waals surface area contributed by atoms with Gasteiger partial charge in [-0.05, 0) is 11.6 Å². The third kappa shape index (κ3) is 5.58. The van der Waals surface area contributed by atoms with Crippen LogP contribution in [-0.4, -0.2) is 52.7 Å². The van der Waals surface area contributed by atoms with Crippen LogP contribution in [0.1, 0.15) is 21.5 Å². The molecule has 0 radical (unpaired) electrons. The second-order valence-corrected chi connectivity index (χ2v) is 6.33. The maximum atomic E-state index is 12.8. The van der Waals surface area contributed by atoms with Gasteiger partial charge in [-0.2, -0.15) is 21.6 Å². The third-order valence-electron chi connectivity index (χ3n) is 3.20.